The highest BCUT2D eigenvalue weighted by molar-refractivity contribution is 5.94. The number of fused-ring (bicyclic) bond motifs is 1. The van der Waals surface area contributed by atoms with Crippen molar-refractivity contribution in [3.8, 4) is 11.3 Å². The first kappa shape index (κ1) is 18.2. The van der Waals surface area contributed by atoms with Crippen LogP contribution in [0, 0.1) is 19.8 Å². The molecule has 1 heterocycles. The lowest BCUT2D eigenvalue weighted by atomic mass is 9.93. The van der Waals surface area contributed by atoms with Gasteiger partial charge < -0.3 is 0 Å². The van der Waals surface area contributed by atoms with Crippen molar-refractivity contribution >= 4 is 10.8 Å². The zero-order valence-electron chi connectivity index (χ0n) is 17.3. The standard InChI is InChI=1S/C26H32N/c1-5-20-11-10-18(2)25(17-20)26-24-13-12-22(15-21-8-6-7-9-21)16-23(24)14-19(3)27(26)4/h10-14,16-17,21H,5-9,15H2,1-4H3/q+1. The van der Waals surface area contributed by atoms with E-state index in [4.69, 9.17) is 0 Å². The van der Waals surface area contributed by atoms with E-state index in [-0.39, 0.29) is 0 Å². The van der Waals surface area contributed by atoms with Crippen LogP contribution in [0.1, 0.15) is 55.0 Å². The number of pyridine rings is 1. The Morgan fingerprint density at radius 3 is 2.41 bits per heavy atom. The van der Waals surface area contributed by atoms with E-state index in [0.29, 0.717) is 0 Å². The van der Waals surface area contributed by atoms with Gasteiger partial charge in [-0.3, -0.25) is 0 Å². The first-order chi connectivity index (χ1) is 13.1. The SMILES string of the molecule is CCc1ccc(C)c(-c2c3ccc(CC4CCCC4)cc3cc(C)[n+]2C)c1. The molecular weight excluding hydrogens is 326 g/mol. The van der Waals surface area contributed by atoms with Crippen molar-refractivity contribution in [3.05, 3.63) is 64.8 Å². The number of rotatable bonds is 4. The summed E-state index contributed by atoms with van der Waals surface area (Å²) in [7, 11) is 2.20. The van der Waals surface area contributed by atoms with Gasteiger partial charge >= 0.3 is 0 Å². The van der Waals surface area contributed by atoms with Gasteiger partial charge in [0, 0.05) is 18.6 Å². The van der Waals surface area contributed by atoms with Crippen molar-refractivity contribution in [2.24, 2.45) is 13.0 Å². The summed E-state index contributed by atoms with van der Waals surface area (Å²) in [6.07, 6.45) is 7.99. The highest BCUT2D eigenvalue weighted by atomic mass is 14.9. The normalized spacial score (nSPS) is 15.0. The van der Waals surface area contributed by atoms with Crippen LogP contribution in [0.4, 0.5) is 0 Å². The molecule has 0 saturated heterocycles. The van der Waals surface area contributed by atoms with Gasteiger partial charge in [-0.05, 0) is 59.9 Å². The highest BCUT2D eigenvalue weighted by Gasteiger charge is 2.21. The summed E-state index contributed by atoms with van der Waals surface area (Å²) in [6, 6.07) is 16.5. The molecule has 0 atom stereocenters. The minimum absolute atomic E-state index is 0.895. The van der Waals surface area contributed by atoms with Crippen LogP contribution in [0.5, 0.6) is 0 Å². The van der Waals surface area contributed by atoms with Crippen LogP contribution < -0.4 is 4.57 Å². The van der Waals surface area contributed by atoms with Crippen LogP contribution in [-0.4, -0.2) is 0 Å². The molecule has 0 amide bonds. The van der Waals surface area contributed by atoms with E-state index in [1.54, 1.807) is 0 Å². The molecule has 0 bridgehead atoms. The summed E-state index contributed by atoms with van der Waals surface area (Å²) in [5, 5.41) is 2.76. The number of benzene rings is 2. The van der Waals surface area contributed by atoms with Gasteiger partial charge in [0.15, 0.2) is 5.69 Å². The summed E-state index contributed by atoms with van der Waals surface area (Å²) < 4.78 is 2.36. The fourth-order valence-corrected chi connectivity index (χ4v) is 4.77. The molecule has 0 N–H and O–H groups in total. The molecular formula is C26H32N+. The zero-order chi connectivity index (χ0) is 19.0. The molecule has 1 aliphatic carbocycles. The van der Waals surface area contributed by atoms with Crippen molar-refractivity contribution in [1.29, 1.82) is 0 Å². The molecule has 1 nitrogen and oxygen atoms in total. The third-order valence-corrected chi connectivity index (χ3v) is 6.56. The topological polar surface area (TPSA) is 3.88 Å². The number of hydrogen-bond acceptors (Lipinski definition) is 0. The molecule has 0 spiro atoms. The van der Waals surface area contributed by atoms with Crippen molar-refractivity contribution in [2.75, 3.05) is 0 Å². The summed E-state index contributed by atoms with van der Waals surface area (Å²) in [5.74, 6) is 0.895. The second kappa shape index (κ2) is 7.46. The lowest BCUT2D eigenvalue weighted by molar-refractivity contribution is -0.665. The van der Waals surface area contributed by atoms with Gasteiger partial charge in [-0.25, -0.2) is 0 Å². The molecule has 0 unspecified atom stereocenters. The van der Waals surface area contributed by atoms with Crippen LogP contribution in [0.15, 0.2) is 42.5 Å². The quantitative estimate of drug-likeness (QED) is 0.486. The summed E-state index contributed by atoms with van der Waals surface area (Å²) >= 11 is 0. The fraction of sp³-hybridized carbons (Fsp3) is 0.423. The third kappa shape index (κ3) is 3.52. The first-order valence-electron chi connectivity index (χ1n) is 10.6. The number of hydrogen-bond donors (Lipinski definition) is 0. The monoisotopic (exact) mass is 358 g/mol. The first-order valence-corrected chi connectivity index (χ1v) is 10.6. The Morgan fingerprint density at radius 1 is 0.926 bits per heavy atom. The minimum atomic E-state index is 0.895. The van der Waals surface area contributed by atoms with Crippen molar-refractivity contribution in [2.45, 2.75) is 59.3 Å². The van der Waals surface area contributed by atoms with Gasteiger partial charge in [0.05, 0.1) is 5.39 Å². The smallest absolute Gasteiger partial charge is 0.198 e. The zero-order valence-corrected chi connectivity index (χ0v) is 17.3. The van der Waals surface area contributed by atoms with E-state index in [0.717, 1.165) is 12.3 Å². The van der Waals surface area contributed by atoms with E-state index in [9.17, 15) is 0 Å². The average molecular weight is 359 g/mol. The number of aromatic nitrogens is 1. The van der Waals surface area contributed by atoms with E-state index < -0.39 is 0 Å². The maximum atomic E-state index is 2.45. The maximum Gasteiger partial charge on any atom is 0.220 e. The lowest BCUT2D eigenvalue weighted by Gasteiger charge is -2.13. The van der Waals surface area contributed by atoms with Gasteiger partial charge in [0.2, 0.25) is 5.69 Å². The molecule has 3 aromatic rings. The Kier molecular flexibility index (Phi) is 5.04. The Hall–Kier alpha value is -2.15. The van der Waals surface area contributed by atoms with Gasteiger partial charge in [-0.15, -0.1) is 0 Å². The van der Waals surface area contributed by atoms with E-state index in [1.807, 2.05) is 0 Å². The predicted molar refractivity (Wildman–Crippen MR) is 115 cm³/mol. The third-order valence-electron chi connectivity index (χ3n) is 6.56. The number of aryl methyl sites for hydroxylation is 3. The average Bonchev–Trinajstić information content (AvgIpc) is 3.17. The Bertz CT molecular complexity index is 977. The van der Waals surface area contributed by atoms with Crippen molar-refractivity contribution in [1.82, 2.24) is 0 Å². The Labute approximate surface area is 164 Å². The molecule has 1 heteroatoms. The fourth-order valence-electron chi connectivity index (χ4n) is 4.77. The van der Waals surface area contributed by atoms with Crippen LogP contribution in [0.3, 0.4) is 0 Å². The molecule has 4 rings (SSSR count). The molecule has 27 heavy (non-hydrogen) atoms. The summed E-state index contributed by atoms with van der Waals surface area (Å²) in [5.41, 5.74) is 8.30. The van der Waals surface area contributed by atoms with Gasteiger partial charge in [0.1, 0.15) is 7.05 Å². The molecule has 1 aromatic heterocycles. The molecule has 140 valence electrons. The van der Waals surface area contributed by atoms with Gasteiger partial charge in [-0.1, -0.05) is 56.9 Å². The van der Waals surface area contributed by atoms with Crippen LogP contribution >= 0.6 is 0 Å². The molecule has 1 aliphatic rings. The molecule has 1 fully saturated rings. The second-order valence-electron chi connectivity index (χ2n) is 8.47. The van der Waals surface area contributed by atoms with E-state index in [2.05, 4.69) is 74.9 Å². The van der Waals surface area contributed by atoms with Crippen LogP contribution in [-0.2, 0) is 19.9 Å². The maximum absolute atomic E-state index is 2.45. The summed E-state index contributed by atoms with van der Waals surface area (Å²) in [4.78, 5) is 0. The van der Waals surface area contributed by atoms with Gasteiger partial charge in [0.25, 0.3) is 0 Å². The molecule has 0 radical (unpaired) electrons. The Morgan fingerprint density at radius 2 is 1.67 bits per heavy atom. The Balaban J connectivity index is 1.86. The predicted octanol–water partition coefficient (Wildman–Crippen LogP) is 6.24. The highest BCUT2D eigenvalue weighted by Crippen LogP contribution is 2.32. The van der Waals surface area contributed by atoms with Gasteiger partial charge in [-0.2, -0.15) is 4.57 Å². The molecule has 2 aromatic carbocycles. The minimum Gasteiger partial charge on any atom is -0.198 e. The summed E-state index contributed by atoms with van der Waals surface area (Å²) in [6.45, 7) is 6.70. The molecule has 1 saturated carbocycles. The lowest BCUT2D eigenvalue weighted by Crippen LogP contribution is -2.35. The molecule has 0 aliphatic heterocycles. The second-order valence-corrected chi connectivity index (χ2v) is 8.47. The van der Waals surface area contributed by atoms with Crippen molar-refractivity contribution in [3.63, 3.8) is 0 Å². The largest absolute Gasteiger partial charge is 0.220 e. The number of nitrogens with zero attached hydrogens (tertiary/aromatic N) is 1. The van der Waals surface area contributed by atoms with E-state index in [1.165, 1.54) is 76.5 Å². The van der Waals surface area contributed by atoms with Crippen molar-refractivity contribution < 1.29 is 4.57 Å². The van der Waals surface area contributed by atoms with Crippen LogP contribution in [0.25, 0.3) is 22.0 Å². The van der Waals surface area contributed by atoms with Crippen LogP contribution in [0.2, 0.25) is 0 Å². The van der Waals surface area contributed by atoms with E-state index >= 15 is 0 Å².